The van der Waals surface area contributed by atoms with Crippen molar-refractivity contribution >= 4 is 27.8 Å². The Morgan fingerprint density at radius 3 is 2.81 bits per heavy atom. The average Bonchev–Trinajstić information content (AvgIpc) is 2.89. The van der Waals surface area contributed by atoms with Crippen LogP contribution in [-0.2, 0) is 0 Å². The van der Waals surface area contributed by atoms with Crippen LogP contribution in [0, 0.1) is 6.92 Å². The SMILES string of the molecule is CNc1nc(-c2sc(C3CC3)nc2C)cs1. The van der Waals surface area contributed by atoms with E-state index in [4.69, 9.17) is 0 Å². The lowest BCUT2D eigenvalue weighted by Crippen LogP contribution is -1.85. The van der Waals surface area contributed by atoms with Gasteiger partial charge in [-0.3, -0.25) is 0 Å². The number of hydrogen-bond donors (Lipinski definition) is 1. The highest BCUT2D eigenvalue weighted by Gasteiger charge is 2.28. The maximum Gasteiger partial charge on any atom is 0.182 e. The lowest BCUT2D eigenvalue weighted by molar-refractivity contribution is 1.06. The first-order chi connectivity index (χ1) is 7.78. The molecule has 0 saturated heterocycles. The molecular formula is C11H13N3S2. The van der Waals surface area contributed by atoms with Crippen LogP contribution in [0.5, 0.6) is 0 Å². The molecule has 5 heteroatoms. The molecule has 0 radical (unpaired) electrons. The molecular weight excluding hydrogens is 238 g/mol. The highest BCUT2D eigenvalue weighted by Crippen LogP contribution is 2.44. The van der Waals surface area contributed by atoms with Crippen molar-refractivity contribution in [3.63, 3.8) is 0 Å². The van der Waals surface area contributed by atoms with Crippen LogP contribution in [0.1, 0.15) is 29.5 Å². The molecule has 2 aromatic heterocycles. The summed E-state index contributed by atoms with van der Waals surface area (Å²) in [6.07, 6.45) is 2.62. The van der Waals surface area contributed by atoms with Gasteiger partial charge in [0.2, 0.25) is 0 Å². The molecule has 84 valence electrons. The Hall–Kier alpha value is -0.940. The first-order valence-electron chi connectivity index (χ1n) is 5.39. The van der Waals surface area contributed by atoms with Gasteiger partial charge in [-0.15, -0.1) is 22.7 Å². The van der Waals surface area contributed by atoms with Crippen LogP contribution in [0.15, 0.2) is 5.38 Å². The molecule has 0 bridgehead atoms. The molecule has 0 aliphatic heterocycles. The van der Waals surface area contributed by atoms with Gasteiger partial charge in [0, 0.05) is 18.3 Å². The number of rotatable bonds is 3. The Morgan fingerprint density at radius 1 is 1.38 bits per heavy atom. The third-order valence-corrected chi connectivity index (χ3v) is 4.89. The van der Waals surface area contributed by atoms with Crippen LogP contribution in [0.4, 0.5) is 5.13 Å². The fraction of sp³-hybridized carbons (Fsp3) is 0.455. The third kappa shape index (κ3) is 1.74. The maximum absolute atomic E-state index is 4.65. The van der Waals surface area contributed by atoms with E-state index in [0.717, 1.165) is 22.4 Å². The molecule has 0 aromatic carbocycles. The van der Waals surface area contributed by atoms with Gasteiger partial charge in [0.25, 0.3) is 0 Å². The number of aromatic nitrogens is 2. The van der Waals surface area contributed by atoms with E-state index in [0.29, 0.717) is 0 Å². The largest absolute Gasteiger partial charge is 0.365 e. The zero-order valence-corrected chi connectivity index (χ0v) is 10.9. The number of hydrogen-bond acceptors (Lipinski definition) is 5. The van der Waals surface area contributed by atoms with Gasteiger partial charge in [-0.2, -0.15) is 0 Å². The molecule has 0 amide bonds. The van der Waals surface area contributed by atoms with E-state index in [1.54, 1.807) is 11.3 Å². The average molecular weight is 251 g/mol. The van der Waals surface area contributed by atoms with E-state index in [1.807, 2.05) is 18.4 Å². The second-order valence-electron chi connectivity index (χ2n) is 4.03. The summed E-state index contributed by atoms with van der Waals surface area (Å²) in [4.78, 5) is 10.4. The van der Waals surface area contributed by atoms with Gasteiger partial charge in [0.15, 0.2) is 5.13 Å². The zero-order chi connectivity index (χ0) is 11.1. The van der Waals surface area contributed by atoms with Gasteiger partial charge in [-0.05, 0) is 19.8 Å². The first kappa shape index (κ1) is 10.2. The van der Waals surface area contributed by atoms with Gasteiger partial charge < -0.3 is 5.32 Å². The Bertz CT molecular complexity index is 511. The van der Waals surface area contributed by atoms with Crippen molar-refractivity contribution in [1.29, 1.82) is 0 Å². The molecule has 1 N–H and O–H groups in total. The summed E-state index contributed by atoms with van der Waals surface area (Å²) in [6, 6.07) is 0. The summed E-state index contributed by atoms with van der Waals surface area (Å²) in [5.41, 5.74) is 2.19. The highest BCUT2D eigenvalue weighted by atomic mass is 32.1. The summed E-state index contributed by atoms with van der Waals surface area (Å²) in [7, 11) is 1.90. The number of nitrogens with one attached hydrogen (secondary N) is 1. The second kappa shape index (κ2) is 3.82. The van der Waals surface area contributed by atoms with Crippen molar-refractivity contribution in [3.05, 3.63) is 16.1 Å². The van der Waals surface area contributed by atoms with Crippen LogP contribution in [0.2, 0.25) is 0 Å². The third-order valence-electron chi connectivity index (χ3n) is 2.69. The van der Waals surface area contributed by atoms with Crippen LogP contribution >= 0.6 is 22.7 Å². The molecule has 16 heavy (non-hydrogen) atoms. The first-order valence-corrected chi connectivity index (χ1v) is 7.08. The highest BCUT2D eigenvalue weighted by molar-refractivity contribution is 7.17. The molecule has 3 rings (SSSR count). The predicted octanol–water partition coefficient (Wildman–Crippen LogP) is 3.49. The minimum Gasteiger partial charge on any atom is -0.365 e. The summed E-state index contributed by atoms with van der Waals surface area (Å²) in [5.74, 6) is 0.736. The topological polar surface area (TPSA) is 37.8 Å². The molecule has 0 unspecified atom stereocenters. The number of thiazole rings is 2. The van der Waals surface area contributed by atoms with E-state index in [9.17, 15) is 0 Å². The van der Waals surface area contributed by atoms with Crippen molar-refractivity contribution in [2.45, 2.75) is 25.7 Å². The fourth-order valence-corrected chi connectivity index (χ4v) is 3.59. The molecule has 1 aliphatic carbocycles. The minimum absolute atomic E-state index is 0.736. The minimum atomic E-state index is 0.736. The lowest BCUT2D eigenvalue weighted by Gasteiger charge is -1.91. The van der Waals surface area contributed by atoms with Crippen molar-refractivity contribution in [3.8, 4) is 10.6 Å². The molecule has 3 nitrogen and oxygen atoms in total. The summed E-state index contributed by atoms with van der Waals surface area (Å²) >= 11 is 3.46. The van der Waals surface area contributed by atoms with Crippen molar-refractivity contribution in [2.24, 2.45) is 0 Å². The summed E-state index contributed by atoms with van der Waals surface area (Å²) < 4.78 is 0. The van der Waals surface area contributed by atoms with Gasteiger partial charge in [0.1, 0.15) is 0 Å². The van der Waals surface area contributed by atoms with Crippen molar-refractivity contribution in [2.75, 3.05) is 12.4 Å². The van der Waals surface area contributed by atoms with Gasteiger partial charge in [-0.1, -0.05) is 0 Å². The fourth-order valence-electron chi connectivity index (χ4n) is 1.65. The van der Waals surface area contributed by atoms with Gasteiger partial charge in [-0.25, -0.2) is 9.97 Å². The number of anilines is 1. The number of aryl methyl sites for hydroxylation is 1. The van der Waals surface area contributed by atoms with Crippen LogP contribution < -0.4 is 5.32 Å². The molecule has 0 spiro atoms. The molecule has 1 saturated carbocycles. The smallest absolute Gasteiger partial charge is 0.182 e. The molecule has 1 fully saturated rings. The van der Waals surface area contributed by atoms with E-state index in [1.165, 1.54) is 22.7 Å². The monoisotopic (exact) mass is 251 g/mol. The standard InChI is InChI=1S/C11H13N3S2/c1-6-9(8-5-15-11(12-2)14-8)16-10(13-6)7-3-4-7/h5,7H,3-4H2,1-2H3,(H,12,14). The molecule has 2 heterocycles. The molecule has 1 aliphatic rings. The zero-order valence-electron chi connectivity index (χ0n) is 9.28. The predicted molar refractivity (Wildman–Crippen MR) is 69.5 cm³/mol. The lowest BCUT2D eigenvalue weighted by atomic mass is 10.3. The molecule has 2 aromatic rings. The Labute approximate surface area is 103 Å². The van der Waals surface area contributed by atoms with Crippen LogP contribution in [0.25, 0.3) is 10.6 Å². The Balaban J connectivity index is 1.98. The quantitative estimate of drug-likeness (QED) is 0.907. The summed E-state index contributed by atoms with van der Waals surface area (Å²) in [6.45, 7) is 2.08. The van der Waals surface area contributed by atoms with E-state index in [2.05, 4.69) is 27.6 Å². The van der Waals surface area contributed by atoms with E-state index < -0.39 is 0 Å². The van der Waals surface area contributed by atoms with Crippen molar-refractivity contribution < 1.29 is 0 Å². The normalized spacial score (nSPS) is 15.4. The van der Waals surface area contributed by atoms with Crippen molar-refractivity contribution in [1.82, 2.24) is 9.97 Å². The van der Waals surface area contributed by atoms with E-state index in [-0.39, 0.29) is 0 Å². The second-order valence-corrected chi connectivity index (χ2v) is 5.92. The van der Waals surface area contributed by atoms with Crippen LogP contribution in [-0.4, -0.2) is 17.0 Å². The Kier molecular flexibility index (Phi) is 2.44. The van der Waals surface area contributed by atoms with Gasteiger partial charge in [0.05, 0.1) is 21.3 Å². The van der Waals surface area contributed by atoms with Gasteiger partial charge >= 0.3 is 0 Å². The van der Waals surface area contributed by atoms with E-state index >= 15 is 0 Å². The van der Waals surface area contributed by atoms with Crippen LogP contribution in [0.3, 0.4) is 0 Å². The summed E-state index contributed by atoms with van der Waals surface area (Å²) in [5, 5.41) is 7.44. The number of nitrogens with zero attached hydrogens (tertiary/aromatic N) is 2. The molecule has 0 atom stereocenters. The Morgan fingerprint density at radius 2 is 2.19 bits per heavy atom. The maximum atomic E-state index is 4.65.